The Morgan fingerprint density at radius 2 is 1.15 bits per heavy atom. The van der Waals surface area contributed by atoms with E-state index in [-0.39, 0.29) is 13.2 Å². The fourth-order valence-electron chi connectivity index (χ4n) is 3.95. The fourth-order valence-corrected chi connectivity index (χ4v) is 3.95. The average Bonchev–Trinajstić information content (AvgIpc) is 2.89. The summed E-state index contributed by atoms with van der Waals surface area (Å²) in [5.41, 5.74) is 2.94. The molecule has 1 aliphatic heterocycles. The van der Waals surface area contributed by atoms with Gasteiger partial charge in [0.15, 0.2) is 12.5 Å². The van der Waals surface area contributed by atoms with Gasteiger partial charge in [-0.3, -0.25) is 0 Å². The van der Waals surface area contributed by atoms with Crippen LogP contribution in [0, 0.1) is 0 Å². The van der Waals surface area contributed by atoms with E-state index in [1.807, 2.05) is 91.0 Å². The summed E-state index contributed by atoms with van der Waals surface area (Å²) in [5, 5.41) is 0. The van der Waals surface area contributed by atoms with Crippen LogP contribution in [0.15, 0.2) is 91.0 Å². The molecule has 1 heterocycles. The van der Waals surface area contributed by atoms with Crippen molar-refractivity contribution in [3.05, 3.63) is 108 Å². The molecule has 0 N–H and O–H groups in total. The van der Waals surface area contributed by atoms with E-state index < -0.39 is 30.8 Å². The lowest BCUT2D eigenvalue weighted by molar-refractivity contribution is -0.306. The number of alkyl halides is 1. The lowest BCUT2D eigenvalue weighted by Gasteiger charge is -2.42. The minimum atomic E-state index is -1.45. The topological polar surface area (TPSA) is 46.2 Å². The molecule has 1 aliphatic rings. The van der Waals surface area contributed by atoms with Crippen molar-refractivity contribution in [3.8, 4) is 0 Å². The SMILES string of the molecule is CO[C@H]1O[C@H](COCc2ccccc2)[C@@H](F)[C@H](OCc2ccccc2)[C@H]1OCc1ccccc1. The van der Waals surface area contributed by atoms with Crippen molar-refractivity contribution in [2.24, 2.45) is 0 Å². The van der Waals surface area contributed by atoms with Crippen LogP contribution in [0.4, 0.5) is 4.39 Å². The Bertz CT molecular complexity index is 956. The summed E-state index contributed by atoms with van der Waals surface area (Å²) in [5.74, 6) is 0. The Balaban J connectivity index is 1.44. The van der Waals surface area contributed by atoms with Crippen LogP contribution in [0.25, 0.3) is 0 Å². The third-order valence-corrected chi connectivity index (χ3v) is 5.77. The van der Waals surface area contributed by atoms with Gasteiger partial charge in [0, 0.05) is 7.11 Å². The Hall–Kier alpha value is -2.61. The molecule has 5 nitrogen and oxygen atoms in total. The Kier molecular flexibility index (Phi) is 9.19. The van der Waals surface area contributed by atoms with E-state index in [9.17, 15) is 0 Å². The highest BCUT2D eigenvalue weighted by atomic mass is 19.1. The minimum Gasteiger partial charge on any atom is -0.374 e. The summed E-state index contributed by atoms with van der Waals surface area (Å²) < 4.78 is 45.3. The van der Waals surface area contributed by atoms with E-state index in [4.69, 9.17) is 23.7 Å². The van der Waals surface area contributed by atoms with Gasteiger partial charge >= 0.3 is 0 Å². The van der Waals surface area contributed by atoms with Crippen molar-refractivity contribution < 1.29 is 28.1 Å². The molecule has 0 aromatic heterocycles. The van der Waals surface area contributed by atoms with Crippen LogP contribution in [0.3, 0.4) is 0 Å². The maximum Gasteiger partial charge on any atom is 0.186 e. The van der Waals surface area contributed by atoms with Crippen LogP contribution < -0.4 is 0 Å². The van der Waals surface area contributed by atoms with Crippen LogP contribution in [0.5, 0.6) is 0 Å². The zero-order valence-corrected chi connectivity index (χ0v) is 19.3. The zero-order valence-electron chi connectivity index (χ0n) is 19.3. The number of hydrogen-bond acceptors (Lipinski definition) is 5. The quantitative estimate of drug-likeness (QED) is 0.394. The Morgan fingerprint density at radius 1 is 0.676 bits per heavy atom. The van der Waals surface area contributed by atoms with Crippen LogP contribution in [0.2, 0.25) is 0 Å². The van der Waals surface area contributed by atoms with Crippen molar-refractivity contribution in [1.29, 1.82) is 0 Å². The maximum atomic E-state index is 15.8. The second kappa shape index (κ2) is 12.7. The molecule has 4 rings (SSSR count). The summed E-state index contributed by atoms with van der Waals surface area (Å²) in [6.07, 6.45) is -4.71. The zero-order chi connectivity index (χ0) is 23.6. The third-order valence-electron chi connectivity index (χ3n) is 5.77. The van der Waals surface area contributed by atoms with E-state index in [0.29, 0.717) is 13.2 Å². The molecule has 1 fully saturated rings. The first kappa shape index (κ1) is 24.5. The van der Waals surface area contributed by atoms with E-state index in [2.05, 4.69) is 0 Å². The number of halogens is 1. The summed E-state index contributed by atoms with van der Waals surface area (Å²) >= 11 is 0. The molecule has 0 aliphatic carbocycles. The monoisotopic (exact) mass is 466 g/mol. The molecule has 0 amide bonds. The van der Waals surface area contributed by atoms with E-state index in [0.717, 1.165) is 16.7 Å². The molecule has 3 aromatic carbocycles. The van der Waals surface area contributed by atoms with Gasteiger partial charge in [-0.1, -0.05) is 91.0 Å². The van der Waals surface area contributed by atoms with Crippen molar-refractivity contribution in [1.82, 2.24) is 0 Å². The normalized spacial score (nSPS) is 24.7. The smallest absolute Gasteiger partial charge is 0.186 e. The lowest BCUT2D eigenvalue weighted by Crippen LogP contribution is -2.59. The van der Waals surface area contributed by atoms with E-state index in [1.165, 1.54) is 7.11 Å². The molecule has 1 saturated heterocycles. The largest absolute Gasteiger partial charge is 0.374 e. The molecule has 180 valence electrons. The predicted octanol–water partition coefficient (Wildman–Crippen LogP) is 5.08. The highest BCUT2D eigenvalue weighted by Gasteiger charge is 2.48. The van der Waals surface area contributed by atoms with Gasteiger partial charge in [-0.2, -0.15) is 0 Å². The summed E-state index contributed by atoms with van der Waals surface area (Å²) in [6.45, 7) is 0.994. The molecule has 34 heavy (non-hydrogen) atoms. The van der Waals surface area contributed by atoms with Crippen molar-refractivity contribution in [3.63, 3.8) is 0 Å². The van der Waals surface area contributed by atoms with Crippen molar-refractivity contribution in [2.45, 2.75) is 50.6 Å². The van der Waals surface area contributed by atoms with Crippen LogP contribution in [-0.4, -0.2) is 44.5 Å². The van der Waals surface area contributed by atoms with Crippen molar-refractivity contribution >= 4 is 0 Å². The van der Waals surface area contributed by atoms with Gasteiger partial charge in [0.05, 0.1) is 26.4 Å². The second-order valence-corrected chi connectivity index (χ2v) is 8.25. The van der Waals surface area contributed by atoms with Gasteiger partial charge in [-0.15, -0.1) is 0 Å². The lowest BCUT2D eigenvalue weighted by atomic mass is 9.99. The first-order chi connectivity index (χ1) is 16.7. The summed E-state index contributed by atoms with van der Waals surface area (Å²) in [4.78, 5) is 0. The van der Waals surface area contributed by atoms with Crippen LogP contribution >= 0.6 is 0 Å². The van der Waals surface area contributed by atoms with Crippen LogP contribution in [0.1, 0.15) is 16.7 Å². The number of rotatable bonds is 11. The molecule has 0 saturated carbocycles. The number of hydrogen-bond donors (Lipinski definition) is 0. The second-order valence-electron chi connectivity index (χ2n) is 8.25. The highest BCUT2D eigenvalue weighted by molar-refractivity contribution is 5.15. The van der Waals surface area contributed by atoms with Crippen LogP contribution in [-0.2, 0) is 43.5 Å². The summed E-state index contributed by atoms with van der Waals surface area (Å²) in [7, 11) is 1.53. The Morgan fingerprint density at radius 3 is 1.65 bits per heavy atom. The number of ether oxygens (including phenoxy) is 5. The molecule has 0 radical (unpaired) electrons. The Labute approximate surface area is 200 Å². The van der Waals surface area contributed by atoms with E-state index >= 15 is 4.39 Å². The average molecular weight is 467 g/mol. The van der Waals surface area contributed by atoms with Gasteiger partial charge in [0.1, 0.15) is 18.3 Å². The van der Waals surface area contributed by atoms with E-state index in [1.54, 1.807) is 0 Å². The van der Waals surface area contributed by atoms with Crippen molar-refractivity contribution in [2.75, 3.05) is 13.7 Å². The van der Waals surface area contributed by atoms with Gasteiger partial charge in [-0.05, 0) is 16.7 Å². The first-order valence-corrected chi connectivity index (χ1v) is 11.5. The molecule has 0 bridgehead atoms. The number of benzene rings is 3. The molecule has 3 aromatic rings. The predicted molar refractivity (Wildman–Crippen MR) is 127 cm³/mol. The molecule has 5 atom stereocenters. The molecule has 0 unspecified atom stereocenters. The standard InChI is InChI=1S/C28H31FO5/c1-30-28-27(33-19-23-15-9-4-10-16-23)26(32-18-22-13-7-3-8-14-22)25(29)24(34-28)20-31-17-21-11-5-2-6-12-21/h2-16,24-28H,17-20H2,1H3/t24-,25-,26+,27-,28+/m1/s1. The van der Waals surface area contributed by atoms with Gasteiger partial charge in [0.2, 0.25) is 0 Å². The molecule has 0 spiro atoms. The summed E-state index contributed by atoms with van der Waals surface area (Å²) in [6, 6.07) is 29.2. The van der Waals surface area contributed by atoms with Gasteiger partial charge < -0.3 is 23.7 Å². The van der Waals surface area contributed by atoms with Gasteiger partial charge in [0.25, 0.3) is 0 Å². The first-order valence-electron chi connectivity index (χ1n) is 11.5. The third kappa shape index (κ3) is 6.72. The number of methoxy groups -OCH3 is 1. The maximum absolute atomic E-state index is 15.8. The minimum absolute atomic E-state index is 0.0759. The molecule has 6 heteroatoms. The fraction of sp³-hybridized carbons (Fsp3) is 0.357. The van der Waals surface area contributed by atoms with Gasteiger partial charge in [-0.25, -0.2) is 4.39 Å². The highest BCUT2D eigenvalue weighted by Crippen LogP contribution is 2.30. The molecular weight excluding hydrogens is 435 g/mol. The molecular formula is C28H31FO5.